The molecule has 0 N–H and O–H groups in total. The van der Waals surface area contributed by atoms with Crippen molar-refractivity contribution in [3.63, 3.8) is 0 Å². The van der Waals surface area contributed by atoms with E-state index in [1.54, 1.807) is 18.6 Å². The van der Waals surface area contributed by atoms with Crippen LogP contribution in [0.3, 0.4) is 0 Å². The Balaban J connectivity index is 2.62. The third kappa shape index (κ3) is 0.964. The van der Waals surface area contributed by atoms with E-state index in [-0.39, 0.29) is 0 Å². The zero-order valence-corrected chi connectivity index (χ0v) is 4.37. The van der Waals surface area contributed by atoms with Crippen molar-refractivity contribution in [2.75, 3.05) is 0 Å². The molecular formula is C6H6NO. The fourth-order valence-electron chi connectivity index (χ4n) is 0.429. The fourth-order valence-corrected chi connectivity index (χ4v) is 0.429. The number of nitrogens with zero attached hydrogens (tertiary/aromatic N) is 1. The van der Waals surface area contributed by atoms with Crippen LogP contribution in [0.2, 0.25) is 0 Å². The second-order valence-electron chi connectivity index (χ2n) is 1.33. The molecular weight excluding hydrogens is 102 g/mol. The van der Waals surface area contributed by atoms with E-state index >= 15 is 0 Å². The van der Waals surface area contributed by atoms with Crippen molar-refractivity contribution in [2.24, 2.45) is 0 Å². The van der Waals surface area contributed by atoms with Crippen LogP contribution < -0.4 is 0 Å². The molecule has 41 valence electrons. The number of rotatable bonds is 2. The minimum absolute atomic E-state index is 0.806. The molecule has 0 bridgehead atoms. The number of hydrogen-bond donors (Lipinski definition) is 0. The summed E-state index contributed by atoms with van der Waals surface area (Å²) in [4.78, 5) is 0. The van der Waals surface area contributed by atoms with E-state index in [2.05, 4.69) is 16.3 Å². The third-order valence-electron chi connectivity index (χ3n) is 0.746. The fraction of sp³-hybridized carbons (Fsp3) is 0. The van der Waals surface area contributed by atoms with Crippen LogP contribution in [0.4, 0.5) is 0 Å². The molecule has 1 radical (unpaired) electrons. The van der Waals surface area contributed by atoms with Gasteiger partial charge in [-0.15, -0.1) is 6.58 Å². The predicted octanol–water partition coefficient (Wildman–Crippen LogP) is 1.41. The van der Waals surface area contributed by atoms with Crippen molar-refractivity contribution in [1.29, 1.82) is 0 Å². The van der Waals surface area contributed by atoms with E-state index in [1.165, 1.54) is 6.26 Å². The molecule has 0 amide bonds. The summed E-state index contributed by atoms with van der Waals surface area (Å²) >= 11 is 0. The van der Waals surface area contributed by atoms with Crippen molar-refractivity contribution in [1.82, 2.24) is 5.16 Å². The van der Waals surface area contributed by atoms with Gasteiger partial charge < -0.3 is 4.52 Å². The summed E-state index contributed by atoms with van der Waals surface area (Å²) in [7, 11) is 0. The van der Waals surface area contributed by atoms with E-state index in [0.717, 1.165) is 5.69 Å². The first-order chi connectivity index (χ1) is 3.93. The summed E-state index contributed by atoms with van der Waals surface area (Å²) in [5, 5.41) is 3.60. The van der Waals surface area contributed by atoms with Crippen LogP contribution in [-0.2, 0) is 0 Å². The lowest BCUT2D eigenvalue weighted by atomic mass is 10.3. The van der Waals surface area contributed by atoms with Gasteiger partial charge in [-0.25, -0.2) is 0 Å². The third-order valence-corrected chi connectivity index (χ3v) is 0.746. The Bertz CT molecular complexity index is 155. The normalized spacial score (nSPS) is 9.00. The van der Waals surface area contributed by atoms with Crippen molar-refractivity contribution in [3.05, 3.63) is 37.1 Å². The highest BCUT2D eigenvalue weighted by Crippen LogP contribution is 1.96. The van der Waals surface area contributed by atoms with E-state index in [4.69, 9.17) is 0 Å². The van der Waals surface area contributed by atoms with Crippen LogP contribution >= 0.6 is 0 Å². The largest absolute Gasteiger partial charge is 0.364 e. The zero-order chi connectivity index (χ0) is 5.82. The number of aromatic nitrogens is 1. The second-order valence-corrected chi connectivity index (χ2v) is 1.33. The van der Waals surface area contributed by atoms with Crippen molar-refractivity contribution >= 4 is 0 Å². The summed E-state index contributed by atoms with van der Waals surface area (Å²) in [5.41, 5.74) is 0.806. The maximum Gasteiger partial charge on any atom is 0.124 e. The van der Waals surface area contributed by atoms with Gasteiger partial charge in [0.25, 0.3) is 0 Å². The average Bonchev–Trinajstić information content (AvgIpc) is 2.19. The second kappa shape index (κ2) is 2.31. The summed E-state index contributed by atoms with van der Waals surface area (Å²) in [6, 6.07) is 1.77. The Morgan fingerprint density at radius 1 is 1.75 bits per heavy atom. The lowest BCUT2D eigenvalue weighted by Crippen LogP contribution is -1.72. The first kappa shape index (κ1) is 5.09. The quantitative estimate of drug-likeness (QED) is 0.572. The van der Waals surface area contributed by atoms with Gasteiger partial charge in [0.15, 0.2) is 0 Å². The summed E-state index contributed by atoms with van der Waals surface area (Å²) in [6.07, 6.45) is 4.96. The highest BCUT2D eigenvalue weighted by atomic mass is 16.5. The van der Waals surface area contributed by atoms with Gasteiger partial charge in [0.05, 0.1) is 5.69 Å². The Labute approximate surface area is 47.8 Å². The van der Waals surface area contributed by atoms with Crippen LogP contribution in [0, 0.1) is 6.42 Å². The molecule has 0 spiro atoms. The van der Waals surface area contributed by atoms with Crippen LogP contribution in [0.5, 0.6) is 0 Å². The molecule has 0 aromatic carbocycles. The lowest BCUT2D eigenvalue weighted by molar-refractivity contribution is 0.416. The molecule has 1 aromatic heterocycles. The first-order valence-electron chi connectivity index (χ1n) is 2.29. The molecule has 8 heavy (non-hydrogen) atoms. The highest BCUT2D eigenvalue weighted by Gasteiger charge is 1.88. The molecule has 2 nitrogen and oxygen atoms in total. The maximum absolute atomic E-state index is 4.54. The monoisotopic (exact) mass is 108 g/mol. The maximum atomic E-state index is 4.54. The van der Waals surface area contributed by atoms with Gasteiger partial charge in [-0.3, -0.25) is 0 Å². The predicted molar refractivity (Wildman–Crippen MR) is 30.1 cm³/mol. The average molecular weight is 108 g/mol. The molecule has 1 heterocycles. The van der Waals surface area contributed by atoms with Gasteiger partial charge in [-0.05, 0) is 0 Å². The van der Waals surface area contributed by atoms with Crippen molar-refractivity contribution in [3.8, 4) is 0 Å². The van der Waals surface area contributed by atoms with Gasteiger partial charge in [0.1, 0.15) is 6.26 Å². The topological polar surface area (TPSA) is 26.0 Å². The minimum atomic E-state index is 0.806. The molecule has 0 aliphatic heterocycles. The molecule has 0 fully saturated rings. The van der Waals surface area contributed by atoms with Crippen molar-refractivity contribution < 1.29 is 4.52 Å². The van der Waals surface area contributed by atoms with E-state index in [9.17, 15) is 0 Å². The molecule has 0 unspecified atom stereocenters. The number of allylic oxidation sites excluding steroid dienone is 1. The number of hydrogen-bond acceptors (Lipinski definition) is 2. The van der Waals surface area contributed by atoms with Crippen molar-refractivity contribution in [2.45, 2.75) is 0 Å². The summed E-state index contributed by atoms with van der Waals surface area (Å²) in [5.74, 6) is 0. The van der Waals surface area contributed by atoms with Gasteiger partial charge in [0, 0.05) is 12.5 Å². The Kier molecular flexibility index (Phi) is 1.47. The highest BCUT2D eigenvalue weighted by molar-refractivity contribution is 5.14. The summed E-state index contributed by atoms with van der Waals surface area (Å²) < 4.78 is 4.54. The van der Waals surface area contributed by atoms with Gasteiger partial charge in [-0.2, -0.15) is 0 Å². The molecule has 1 aromatic rings. The molecule has 2 heteroatoms. The van der Waals surface area contributed by atoms with Gasteiger partial charge in [-0.1, -0.05) is 11.2 Å². The van der Waals surface area contributed by atoms with Crippen LogP contribution in [0.15, 0.2) is 29.5 Å². The minimum Gasteiger partial charge on any atom is -0.364 e. The SMILES string of the molecule is C=C[CH]c1ccon1. The lowest BCUT2D eigenvalue weighted by Gasteiger charge is -1.77. The molecule has 0 atom stereocenters. The van der Waals surface area contributed by atoms with Crippen LogP contribution in [-0.4, -0.2) is 5.16 Å². The molecule has 0 aliphatic rings. The Morgan fingerprint density at radius 3 is 3.12 bits per heavy atom. The van der Waals surface area contributed by atoms with E-state index < -0.39 is 0 Å². The Morgan fingerprint density at radius 2 is 2.62 bits per heavy atom. The summed E-state index contributed by atoms with van der Waals surface area (Å²) in [6.45, 7) is 3.50. The Hall–Kier alpha value is -1.05. The standard InChI is InChI=1S/C6H6NO/c1-2-3-6-4-5-8-7-6/h2-5H,1H2. The van der Waals surface area contributed by atoms with Crippen LogP contribution in [0.1, 0.15) is 5.69 Å². The molecule has 0 saturated carbocycles. The molecule has 0 aliphatic carbocycles. The van der Waals surface area contributed by atoms with Crippen LogP contribution in [0.25, 0.3) is 0 Å². The van der Waals surface area contributed by atoms with E-state index in [0.29, 0.717) is 0 Å². The smallest absolute Gasteiger partial charge is 0.124 e. The van der Waals surface area contributed by atoms with Gasteiger partial charge in [0.2, 0.25) is 0 Å². The molecule has 1 rings (SSSR count). The van der Waals surface area contributed by atoms with E-state index in [1.807, 2.05) is 0 Å². The zero-order valence-electron chi connectivity index (χ0n) is 4.37. The van der Waals surface area contributed by atoms with Gasteiger partial charge >= 0.3 is 0 Å². The first-order valence-corrected chi connectivity index (χ1v) is 2.29. The molecule has 0 saturated heterocycles.